The highest BCUT2D eigenvalue weighted by molar-refractivity contribution is 4.87. The summed E-state index contributed by atoms with van der Waals surface area (Å²) in [6.45, 7) is 5.17. The lowest BCUT2D eigenvalue weighted by Crippen LogP contribution is -2.36. The molecular formula is C15H29NO. The van der Waals surface area contributed by atoms with E-state index >= 15 is 0 Å². The van der Waals surface area contributed by atoms with Crippen LogP contribution in [0.4, 0.5) is 0 Å². The topological polar surface area (TPSA) is 32.3 Å². The summed E-state index contributed by atoms with van der Waals surface area (Å²) in [5.41, 5.74) is 0. The molecule has 2 aliphatic rings. The molecule has 0 aromatic heterocycles. The van der Waals surface area contributed by atoms with Crippen molar-refractivity contribution in [2.75, 3.05) is 6.54 Å². The second-order valence-electron chi connectivity index (χ2n) is 6.52. The summed E-state index contributed by atoms with van der Waals surface area (Å²) in [7, 11) is 0. The number of aliphatic hydroxyl groups excluding tert-OH is 1. The van der Waals surface area contributed by atoms with Gasteiger partial charge in [-0.15, -0.1) is 0 Å². The third-order valence-corrected chi connectivity index (χ3v) is 4.65. The fourth-order valence-electron chi connectivity index (χ4n) is 3.18. The van der Waals surface area contributed by atoms with Crippen LogP contribution in [0.25, 0.3) is 0 Å². The summed E-state index contributed by atoms with van der Waals surface area (Å²) < 4.78 is 0. The third-order valence-electron chi connectivity index (χ3n) is 4.65. The molecule has 2 nitrogen and oxygen atoms in total. The molecule has 100 valence electrons. The van der Waals surface area contributed by atoms with E-state index in [1.54, 1.807) is 0 Å². The van der Waals surface area contributed by atoms with Gasteiger partial charge in [-0.1, -0.05) is 26.7 Å². The van der Waals surface area contributed by atoms with Crippen molar-refractivity contribution in [1.82, 2.24) is 5.32 Å². The first kappa shape index (κ1) is 13.4. The van der Waals surface area contributed by atoms with Gasteiger partial charge >= 0.3 is 0 Å². The summed E-state index contributed by atoms with van der Waals surface area (Å²) in [6, 6.07) is 0.730. The van der Waals surface area contributed by atoms with Crippen LogP contribution < -0.4 is 5.32 Å². The lowest BCUT2D eigenvalue weighted by atomic mass is 9.82. The van der Waals surface area contributed by atoms with Gasteiger partial charge in [0.1, 0.15) is 0 Å². The summed E-state index contributed by atoms with van der Waals surface area (Å²) >= 11 is 0. The number of aliphatic hydroxyl groups is 1. The van der Waals surface area contributed by atoms with E-state index in [9.17, 15) is 5.11 Å². The summed E-state index contributed by atoms with van der Waals surface area (Å²) in [6.07, 6.45) is 9.37. The largest absolute Gasteiger partial charge is 0.393 e. The molecule has 0 aliphatic heterocycles. The van der Waals surface area contributed by atoms with Crippen LogP contribution in [0.2, 0.25) is 0 Å². The van der Waals surface area contributed by atoms with E-state index in [0.29, 0.717) is 5.92 Å². The van der Waals surface area contributed by atoms with Crippen LogP contribution in [0.3, 0.4) is 0 Å². The average molecular weight is 239 g/mol. The van der Waals surface area contributed by atoms with Crippen molar-refractivity contribution in [2.24, 2.45) is 17.8 Å². The third kappa shape index (κ3) is 4.26. The van der Waals surface area contributed by atoms with Crippen LogP contribution in [0.5, 0.6) is 0 Å². The smallest absolute Gasteiger partial charge is 0.0575 e. The Morgan fingerprint density at radius 1 is 1.12 bits per heavy atom. The molecule has 0 aromatic rings. The fourth-order valence-corrected chi connectivity index (χ4v) is 3.18. The van der Waals surface area contributed by atoms with Gasteiger partial charge in [0.2, 0.25) is 0 Å². The molecule has 0 heterocycles. The first-order chi connectivity index (χ1) is 8.16. The van der Waals surface area contributed by atoms with E-state index in [-0.39, 0.29) is 6.10 Å². The van der Waals surface area contributed by atoms with Crippen LogP contribution in [0.1, 0.15) is 58.8 Å². The maximum atomic E-state index is 9.77. The Hall–Kier alpha value is -0.0800. The molecule has 0 bridgehead atoms. The Balaban J connectivity index is 1.61. The average Bonchev–Trinajstić information content (AvgIpc) is 3.13. The van der Waals surface area contributed by atoms with Crippen molar-refractivity contribution in [3.05, 3.63) is 0 Å². The molecule has 2 rings (SSSR count). The maximum Gasteiger partial charge on any atom is 0.0575 e. The highest BCUT2D eigenvalue weighted by Crippen LogP contribution is 2.43. The summed E-state index contributed by atoms with van der Waals surface area (Å²) in [5.74, 6) is 2.47. The number of nitrogens with one attached hydrogen (secondary N) is 1. The fraction of sp³-hybridized carbons (Fsp3) is 1.00. The zero-order valence-electron chi connectivity index (χ0n) is 11.5. The SMILES string of the molecule is CC(C)C(O)CCNC1CCCC(C2CC2)C1. The Bertz CT molecular complexity index is 225. The number of hydrogen-bond acceptors (Lipinski definition) is 2. The molecule has 0 amide bonds. The van der Waals surface area contributed by atoms with Crippen LogP contribution in [-0.4, -0.2) is 23.8 Å². The molecule has 2 aliphatic carbocycles. The molecule has 0 saturated heterocycles. The molecule has 2 N–H and O–H groups in total. The minimum absolute atomic E-state index is 0.134. The van der Waals surface area contributed by atoms with E-state index in [0.717, 1.165) is 30.8 Å². The number of hydrogen-bond donors (Lipinski definition) is 2. The normalized spacial score (nSPS) is 31.8. The maximum absolute atomic E-state index is 9.77. The van der Waals surface area contributed by atoms with Crippen molar-refractivity contribution in [3.8, 4) is 0 Å². The zero-order valence-corrected chi connectivity index (χ0v) is 11.5. The van der Waals surface area contributed by atoms with Gasteiger partial charge in [-0.25, -0.2) is 0 Å². The number of rotatable bonds is 6. The standard InChI is InChI=1S/C15H29NO/c1-11(2)15(17)8-9-16-14-5-3-4-13(10-14)12-6-7-12/h11-17H,3-10H2,1-2H3. The van der Waals surface area contributed by atoms with Crippen molar-refractivity contribution in [2.45, 2.75) is 70.9 Å². The van der Waals surface area contributed by atoms with E-state index < -0.39 is 0 Å². The van der Waals surface area contributed by atoms with Gasteiger partial charge in [0.05, 0.1) is 6.10 Å². The molecule has 17 heavy (non-hydrogen) atoms. The predicted molar refractivity (Wildman–Crippen MR) is 71.9 cm³/mol. The van der Waals surface area contributed by atoms with Gasteiger partial charge in [-0.3, -0.25) is 0 Å². The van der Waals surface area contributed by atoms with Gasteiger partial charge in [-0.2, -0.15) is 0 Å². The van der Waals surface area contributed by atoms with Gasteiger partial charge in [-0.05, 0) is 56.4 Å². The minimum Gasteiger partial charge on any atom is -0.393 e. The monoisotopic (exact) mass is 239 g/mol. The Kier molecular flexibility index (Phi) is 4.87. The molecule has 2 heteroatoms. The molecule has 0 spiro atoms. The van der Waals surface area contributed by atoms with Crippen molar-refractivity contribution in [1.29, 1.82) is 0 Å². The van der Waals surface area contributed by atoms with E-state index in [1.807, 2.05) is 0 Å². The highest BCUT2D eigenvalue weighted by Gasteiger charge is 2.34. The molecule has 2 saturated carbocycles. The van der Waals surface area contributed by atoms with Crippen LogP contribution in [0, 0.1) is 17.8 Å². The lowest BCUT2D eigenvalue weighted by molar-refractivity contribution is 0.113. The van der Waals surface area contributed by atoms with E-state index in [1.165, 1.54) is 38.5 Å². The van der Waals surface area contributed by atoms with Gasteiger partial charge in [0, 0.05) is 6.04 Å². The van der Waals surface area contributed by atoms with Gasteiger partial charge < -0.3 is 10.4 Å². The highest BCUT2D eigenvalue weighted by atomic mass is 16.3. The molecule has 2 fully saturated rings. The predicted octanol–water partition coefficient (Wildman–Crippen LogP) is 2.95. The van der Waals surface area contributed by atoms with Crippen LogP contribution in [-0.2, 0) is 0 Å². The first-order valence-electron chi connectivity index (χ1n) is 7.58. The first-order valence-corrected chi connectivity index (χ1v) is 7.58. The Morgan fingerprint density at radius 3 is 2.53 bits per heavy atom. The molecule has 3 atom stereocenters. The van der Waals surface area contributed by atoms with Crippen LogP contribution in [0.15, 0.2) is 0 Å². The molecular weight excluding hydrogens is 210 g/mol. The van der Waals surface area contributed by atoms with Crippen LogP contribution >= 0.6 is 0 Å². The van der Waals surface area contributed by atoms with Crippen molar-refractivity contribution < 1.29 is 5.11 Å². The van der Waals surface area contributed by atoms with Gasteiger partial charge in [0.25, 0.3) is 0 Å². The van der Waals surface area contributed by atoms with E-state index in [2.05, 4.69) is 19.2 Å². The second-order valence-corrected chi connectivity index (χ2v) is 6.52. The van der Waals surface area contributed by atoms with E-state index in [4.69, 9.17) is 0 Å². The molecule has 0 radical (unpaired) electrons. The Labute approximate surface area is 106 Å². The van der Waals surface area contributed by atoms with Crippen molar-refractivity contribution >= 4 is 0 Å². The quantitative estimate of drug-likeness (QED) is 0.747. The Morgan fingerprint density at radius 2 is 1.88 bits per heavy atom. The second kappa shape index (κ2) is 6.19. The molecule has 0 aromatic carbocycles. The zero-order chi connectivity index (χ0) is 12.3. The lowest BCUT2D eigenvalue weighted by Gasteiger charge is -2.30. The summed E-state index contributed by atoms with van der Waals surface area (Å²) in [4.78, 5) is 0. The van der Waals surface area contributed by atoms with Crippen molar-refractivity contribution in [3.63, 3.8) is 0 Å². The summed E-state index contributed by atoms with van der Waals surface area (Å²) in [5, 5.41) is 13.4. The van der Waals surface area contributed by atoms with Gasteiger partial charge in [0.15, 0.2) is 0 Å². The minimum atomic E-state index is -0.134. The molecule has 3 unspecified atom stereocenters.